The van der Waals surface area contributed by atoms with E-state index in [0.29, 0.717) is 5.69 Å². The standard InChI is InChI=1S/C16H17F3N4O2S/c1-23(2)26(24,25)12-9-7-11(8-10-12)21-15(20)22-14-6-4-3-5-13(14)16(17,18)19/h3-10H,1-2H3,(H3,20,21,22). The Kier molecular flexibility index (Phi) is 5.57. The highest BCUT2D eigenvalue weighted by atomic mass is 32.2. The number of rotatable bonds is 4. The van der Waals surface area contributed by atoms with Gasteiger partial charge in [0.15, 0.2) is 5.96 Å². The van der Waals surface area contributed by atoms with Crippen molar-refractivity contribution < 1.29 is 21.6 Å². The molecule has 0 fully saturated rings. The van der Waals surface area contributed by atoms with Crippen LogP contribution in [-0.4, -0.2) is 32.8 Å². The van der Waals surface area contributed by atoms with Crippen LogP contribution in [0.3, 0.4) is 0 Å². The van der Waals surface area contributed by atoms with E-state index in [9.17, 15) is 21.6 Å². The van der Waals surface area contributed by atoms with E-state index in [0.717, 1.165) is 10.4 Å². The molecule has 0 spiro atoms. The number of benzene rings is 2. The molecule has 2 aromatic carbocycles. The largest absolute Gasteiger partial charge is 0.418 e. The molecule has 0 amide bonds. The number of guanidine groups is 1. The van der Waals surface area contributed by atoms with Crippen LogP contribution in [0, 0.1) is 0 Å². The zero-order valence-electron chi connectivity index (χ0n) is 13.9. The number of nitrogens with zero attached hydrogens (tertiary/aromatic N) is 2. The van der Waals surface area contributed by atoms with Crippen LogP contribution in [-0.2, 0) is 16.2 Å². The molecule has 26 heavy (non-hydrogen) atoms. The number of anilines is 1. The molecular weight excluding hydrogens is 369 g/mol. The van der Waals surface area contributed by atoms with Gasteiger partial charge in [-0.2, -0.15) is 13.2 Å². The lowest BCUT2D eigenvalue weighted by Crippen LogP contribution is -2.23. The number of nitrogens with two attached hydrogens (primary N) is 1. The summed E-state index contributed by atoms with van der Waals surface area (Å²) < 4.78 is 63.9. The van der Waals surface area contributed by atoms with Crippen molar-refractivity contribution in [2.24, 2.45) is 10.7 Å². The lowest BCUT2D eigenvalue weighted by atomic mass is 10.2. The summed E-state index contributed by atoms with van der Waals surface area (Å²) in [4.78, 5) is 3.83. The van der Waals surface area contributed by atoms with Gasteiger partial charge in [0.2, 0.25) is 10.0 Å². The van der Waals surface area contributed by atoms with Crippen LogP contribution in [0.4, 0.5) is 24.5 Å². The molecule has 0 aliphatic heterocycles. The number of alkyl halides is 3. The summed E-state index contributed by atoms with van der Waals surface area (Å²) in [5, 5.41) is 2.63. The second-order valence-electron chi connectivity index (χ2n) is 5.45. The van der Waals surface area contributed by atoms with E-state index in [2.05, 4.69) is 10.3 Å². The Morgan fingerprint density at radius 2 is 1.65 bits per heavy atom. The van der Waals surface area contributed by atoms with Gasteiger partial charge in [-0.15, -0.1) is 0 Å². The fourth-order valence-electron chi connectivity index (χ4n) is 2.04. The van der Waals surface area contributed by atoms with Gasteiger partial charge in [0.25, 0.3) is 0 Å². The van der Waals surface area contributed by atoms with E-state index in [1.165, 1.54) is 56.6 Å². The third-order valence-corrected chi connectivity index (χ3v) is 5.18. The highest BCUT2D eigenvalue weighted by Gasteiger charge is 2.33. The Bertz CT molecular complexity index is 908. The van der Waals surface area contributed by atoms with Gasteiger partial charge in [-0.25, -0.2) is 17.7 Å². The third-order valence-electron chi connectivity index (χ3n) is 3.36. The quantitative estimate of drug-likeness (QED) is 0.625. The summed E-state index contributed by atoms with van der Waals surface area (Å²) in [6, 6.07) is 10.4. The number of nitrogens with one attached hydrogen (secondary N) is 1. The molecule has 0 heterocycles. The van der Waals surface area contributed by atoms with Crippen molar-refractivity contribution in [1.82, 2.24) is 4.31 Å². The third kappa shape index (κ3) is 4.52. The van der Waals surface area contributed by atoms with E-state index in [-0.39, 0.29) is 16.5 Å². The molecule has 0 aliphatic rings. The first-order valence-electron chi connectivity index (χ1n) is 7.32. The van der Waals surface area contributed by atoms with E-state index in [1.807, 2.05) is 0 Å². The van der Waals surface area contributed by atoms with Crippen molar-refractivity contribution in [3.05, 3.63) is 54.1 Å². The van der Waals surface area contributed by atoms with Gasteiger partial charge in [0.05, 0.1) is 16.1 Å². The molecule has 140 valence electrons. The van der Waals surface area contributed by atoms with Crippen LogP contribution >= 0.6 is 0 Å². The monoisotopic (exact) mass is 386 g/mol. The molecule has 0 aliphatic carbocycles. The van der Waals surface area contributed by atoms with E-state index >= 15 is 0 Å². The first-order valence-corrected chi connectivity index (χ1v) is 8.76. The molecule has 6 nitrogen and oxygen atoms in total. The molecule has 0 atom stereocenters. The molecular formula is C16H17F3N4O2S. The molecule has 0 aromatic heterocycles. The van der Waals surface area contributed by atoms with Gasteiger partial charge in [-0.3, -0.25) is 0 Å². The molecule has 10 heteroatoms. The van der Waals surface area contributed by atoms with E-state index < -0.39 is 21.8 Å². The molecule has 0 saturated heterocycles. The molecule has 0 radical (unpaired) electrons. The summed E-state index contributed by atoms with van der Waals surface area (Å²) in [6.07, 6.45) is -4.55. The topological polar surface area (TPSA) is 87.8 Å². The van der Waals surface area contributed by atoms with E-state index in [4.69, 9.17) is 5.73 Å². The zero-order chi connectivity index (χ0) is 19.5. The van der Waals surface area contributed by atoms with Gasteiger partial charge >= 0.3 is 6.18 Å². The Balaban J connectivity index is 2.24. The normalized spacial score (nSPS) is 13.1. The predicted octanol–water partition coefficient (Wildman–Crippen LogP) is 3.01. The van der Waals surface area contributed by atoms with E-state index in [1.54, 1.807) is 0 Å². The van der Waals surface area contributed by atoms with Crippen molar-refractivity contribution in [2.75, 3.05) is 19.4 Å². The number of halogens is 3. The fourth-order valence-corrected chi connectivity index (χ4v) is 2.94. The highest BCUT2D eigenvalue weighted by molar-refractivity contribution is 7.89. The van der Waals surface area contributed by atoms with Crippen molar-refractivity contribution in [3.8, 4) is 0 Å². The first kappa shape index (κ1) is 19.7. The minimum atomic E-state index is -4.55. The fraction of sp³-hybridized carbons (Fsp3) is 0.188. The average molecular weight is 386 g/mol. The maximum Gasteiger partial charge on any atom is 0.418 e. The number of sulfonamides is 1. The summed E-state index contributed by atoms with van der Waals surface area (Å²) in [6.45, 7) is 0. The Morgan fingerprint density at radius 1 is 1.08 bits per heavy atom. The summed E-state index contributed by atoms with van der Waals surface area (Å²) >= 11 is 0. The SMILES string of the molecule is CN(C)S(=O)(=O)c1ccc(NC(N)=Nc2ccccc2C(F)(F)F)cc1. The minimum absolute atomic E-state index is 0.0750. The Morgan fingerprint density at radius 3 is 2.19 bits per heavy atom. The summed E-state index contributed by atoms with van der Waals surface area (Å²) in [7, 11) is -0.760. The second-order valence-corrected chi connectivity index (χ2v) is 7.60. The van der Waals surface area contributed by atoms with Gasteiger partial charge in [-0.05, 0) is 36.4 Å². The lowest BCUT2D eigenvalue weighted by molar-refractivity contribution is -0.137. The lowest BCUT2D eigenvalue weighted by Gasteiger charge is -2.12. The van der Waals surface area contributed by atoms with Gasteiger partial charge in [0.1, 0.15) is 0 Å². The van der Waals surface area contributed by atoms with Crippen LogP contribution in [0.15, 0.2) is 58.4 Å². The molecule has 0 unspecified atom stereocenters. The smallest absolute Gasteiger partial charge is 0.369 e. The number of para-hydroxylation sites is 1. The number of hydrogen-bond donors (Lipinski definition) is 2. The van der Waals surface area contributed by atoms with Crippen LogP contribution in [0.1, 0.15) is 5.56 Å². The van der Waals surface area contributed by atoms with Gasteiger partial charge < -0.3 is 11.1 Å². The minimum Gasteiger partial charge on any atom is -0.369 e. The summed E-state index contributed by atoms with van der Waals surface area (Å²) in [5.74, 6) is -0.259. The average Bonchev–Trinajstić information content (AvgIpc) is 2.54. The molecule has 0 bridgehead atoms. The maximum atomic E-state index is 13.0. The van der Waals surface area contributed by atoms with Crippen molar-refractivity contribution >= 4 is 27.4 Å². The van der Waals surface area contributed by atoms with Crippen LogP contribution in [0.5, 0.6) is 0 Å². The Hall–Kier alpha value is -2.59. The first-order chi connectivity index (χ1) is 12.0. The number of hydrogen-bond acceptors (Lipinski definition) is 3. The molecule has 0 saturated carbocycles. The zero-order valence-corrected chi connectivity index (χ0v) is 14.8. The maximum absolute atomic E-state index is 13.0. The molecule has 2 aromatic rings. The van der Waals surface area contributed by atoms with Crippen molar-refractivity contribution in [2.45, 2.75) is 11.1 Å². The predicted molar refractivity (Wildman–Crippen MR) is 93.7 cm³/mol. The molecule has 2 rings (SSSR count). The second kappa shape index (κ2) is 7.34. The van der Waals surface area contributed by atoms with Gasteiger partial charge in [0, 0.05) is 19.8 Å². The molecule has 3 N–H and O–H groups in total. The van der Waals surface area contributed by atoms with Crippen LogP contribution < -0.4 is 11.1 Å². The highest BCUT2D eigenvalue weighted by Crippen LogP contribution is 2.35. The van der Waals surface area contributed by atoms with Crippen molar-refractivity contribution in [1.29, 1.82) is 0 Å². The van der Waals surface area contributed by atoms with Crippen molar-refractivity contribution in [3.63, 3.8) is 0 Å². The summed E-state index contributed by atoms with van der Waals surface area (Å²) in [5.41, 5.74) is 4.82. The van der Waals surface area contributed by atoms with Crippen LogP contribution in [0.25, 0.3) is 0 Å². The van der Waals surface area contributed by atoms with Crippen LogP contribution in [0.2, 0.25) is 0 Å². The Labute approximate surface area is 149 Å². The van der Waals surface area contributed by atoms with Gasteiger partial charge in [-0.1, -0.05) is 12.1 Å². The number of aliphatic imine (C=N–C) groups is 1.